The third-order valence-corrected chi connectivity index (χ3v) is 10.6. The molecule has 0 amide bonds. The zero-order valence-electron chi connectivity index (χ0n) is 20.4. The van der Waals surface area contributed by atoms with Gasteiger partial charge in [0.05, 0.1) is 8.07 Å². The molecule has 0 aliphatic heterocycles. The molecule has 0 radical (unpaired) electrons. The first-order valence-electron chi connectivity index (χ1n) is 9.34. The molecule has 0 saturated heterocycles. The van der Waals surface area contributed by atoms with E-state index < -0.39 is 8.07 Å². The molecule has 0 saturated carbocycles. The molecule has 0 aromatic heterocycles. The third-order valence-electron chi connectivity index (χ3n) is 6.32. The second-order valence-electron chi connectivity index (χ2n) is 8.04. The molecule has 2 aromatic rings. The third kappa shape index (κ3) is 5.37. The van der Waals surface area contributed by atoms with Gasteiger partial charge in [-0.15, -0.1) is 0 Å². The van der Waals surface area contributed by atoms with E-state index in [2.05, 4.69) is 101 Å². The first-order chi connectivity index (χ1) is 11.9. The molecule has 3 heteroatoms. The van der Waals surface area contributed by atoms with Gasteiger partial charge in [-0.25, -0.2) is 0 Å². The fourth-order valence-electron chi connectivity index (χ4n) is 4.88. The predicted molar refractivity (Wildman–Crippen MR) is 115 cm³/mol. The Balaban J connectivity index is 0. The summed E-state index contributed by atoms with van der Waals surface area (Å²) in [5.74, 6) is 0.580. The van der Waals surface area contributed by atoms with E-state index in [1.807, 2.05) is 0 Å². The quantitative estimate of drug-likeness (QED) is 0.643. The molecule has 2 aromatic carbocycles. The topological polar surface area (TPSA) is 0 Å². The SMILES string of the molecule is CC1=C(C)C(C)C([Si](C)(C)C(c2ccccc2)c2ccccc2)=C1C.[H-].[H-].[K+].[K+]. The Labute approximate surface area is 255 Å². The van der Waals surface area contributed by atoms with Crippen LogP contribution in [0.15, 0.2) is 82.6 Å². The summed E-state index contributed by atoms with van der Waals surface area (Å²) < 4.78 is 0. The molecular weight excluding hydrogens is 395 g/mol. The Kier molecular flexibility index (Phi) is 10.9. The number of allylic oxidation sites excluding steroid dienone is 4. The average Bonchev–Trinajstić information content (AvgIpc) is 2.80. The van der Waals surface area contributed by atoms with Crippen LogP contribution in [0.4, 0.5) is 0 Å². The van der Waals surface area contributed by atoms with Crippen molar-refractivity contribution in [2.75, 3.05) is 0 Å². The minimum absolute atomic E-state index is 0. The van der Waals surface area contributed by atoms with Crippen molar-refractivity contribution >= 4 is 8.07 Å². The van der Waals surface area contributed by atoms with Crippen LogP contribution in [0.1, 0.15) is 47.2 Å². The van der Waals surface area contributed by atoms with Gasteiger partial charge in [0.2, 0.25) is 0 Å². The summed E-state index contributed by atoms with van der Waals surface area (Å²) >= 11 is 0. The molecule has 134 valence electrons. The summed E-state index contributed by atoms with van der Waals surface area (Å²) in [5, 5.41) is 1.74. The van der Waals surface area contributed by atoms with Gasteiger partial charge in [-0.05, 0) is 43.4 Å². The van der Waals surface area contributed by atoms with E-state index >= 15 is 0 Å². The van der Waals surface area contributed by atoms with Crippen LogP contribution >= 0.6 is 0 Å². The fourth-order valence-corrected chi connectivity index (χ4v) is 9.73. The fraction of sp³-hybridized carbons (Fsp3) is 0.333. The Morgan fingerprint density at radius 2 is 1.15 bits per heavy atom. The molecule has 1 aliphatic rings. The number of benzene rings is 2. The van der Waals surface area contributed by atoms with E-state index in [9.17, 15) is 0 Å². The predicted octanol–water partition coefficient (Wildman–Crippen LogP) is 1.14. The first-order valence-corrected chi connectivity index (χ1v) is 12.4. The molecular formula is C24H32K2Si. The van der Waals surface area contributed by atoms with E-state index in [0.29, 0.717) is 11.5 Å². The Morgan fingerprint density at radius 3 is 1.48 bits per heavy atom. The summed E-state index contributed by atoms with van der Waals surface area (Å²) in [6, 6.07) is 22.2. The second kappa shape index (κ2) is 11.1. The van der Waals surface area contributed by atoms with Crippen LogP contribution in [0.2, 0.25) is 13.1 Å². The monoisotopic (exact) mass is 426 g/mol. The van der Waals surface area contributed by atoms with Gasteiger partial charge in [-0.2, -0.15) is 0 Å². The van der Waals surface area contributed by atoms with Gasteiger partial charge in [-0.1, -0.05) is 97.0 Å². The van der Waals surface area contributed by atoms with Gasteiger partial charge in [0.25, 0.3) is 0 Å². The molecule has 0 N–H and O–H groups in total. The van der Waals surface area contributed by atoms with Crippen molar-refractivity contribution in [3.05, 3.63) is 93.7 Å². The number of rotatable bonds is 4. The van der Waals surface area contributed by atoms with Crippen molar-refractivity contribution in [3.8, 4) is 0 Å². The van der Waals surface area contributed by atoms with Gasteiger partial charge in [-0.3, -0.25) is 0 Å². The smallest absolute Gasteiger partial charge is 1.00 e. The van der Waals surface area contributed by atoms with Crippen molar-refractivity contribution in [2.45, 2.75) is 46.3 Å². The first kappa shape index (κ1) is 26.4. The van der Waals surface area contributed by atoms with Crippen LogP contribution in [-0.2, 0) is 0 Å². The molecule has 0 fully saturated rings. The summed E-state index contributed by atoms with van der Waals surface area (Å²) in [5.41, 5.74) is 8.04. The standard InChI is InChI=1S/C24H30Si.2K.2H/c1-17-18(2)20(4)23(19(17)3)25(5,6)24(21-13-9-7-10-14-21)22-15-11-8-12-16-22;;;;/h7-16,19,24H,1-6H3;;;;/q;2*+1;2*-1. The summed E-state index contributed by atoms with van der Waals surface area (Å²) in [7, 11) is -1.75. The van der Waals surface area contributed by atoms with E-state index in [0.717, 1.165) is 0 Å². The molecule has 1 atom stereocenters. The van der Waals surface area contributed by atoms with Crippen LogP contribution in [0.3, 0.4) is 0 Å². The van der Waals surface area contributed by atoms with E-state index in [1.165, 1.54) is 16.7 Å². The zero-order chi connectivity index (χ0) is 18.2. The normalized spacial score (nSPS) is 17.1. The Morgan fingerprint density at radius 1 is 0.741 bits per heavy atom. The molecule has 0 bridgehead atoms. The van der Waals surface area contributed by atoms with Gasteiger partial charge in [0.15, 0.2) is 0 Å². The van der Waals surface area contributed by atoms with Gasteiger partial charge >= 0.3 is 103 Å². The van der Waals surface area contributed by atoms with Gasteiger partial charge in [0, 0.05) is 5.54 Å². The van der Waals surface area contributed by atoms with Crippen molar-refractivity contribution in [2.24, 2.45) is 5.92 Å². The summed E-state index contributed by atoms with van der Waals surface area (Å²) in [6.45, 7) is 14.5. The summed E-state index contributed by atoms with van der Waals surface area (Å²) in [4.78, 5) is 0. The van der Waals surface area contributed by atoms with Crippen molar-refractivity contribution in [1.82, 2.24) is 0 Å². The molecule has 0 nitrogen and oxygen atoms in total. The van der Waals surface area contributed by atoms with Crippen LogP contribution in [0.5, 0.6) is 0 Å². The van der Waals surface area contributed by atoms with Crippen LogP contribution in [0, 0.1) is 5.92 Å². The van der Waals surface area contributed by atoms with Gasteiger partial charge in [0.1, 0.15) is 0 Å². The second-order valence-corrected chi connectivity index (χ2v) is 12.6. The molecule has 3 rings (SSSR count). The number of hydrogen-bond acceptors (Lipinski definition) is 0. The largest absolute Gasteiger partial charge is 1.00 e. The summed E-state index contributed by atoms with van der Waals surface area (Å²) in [6.07, 6.45) is 0. The van der Waals surface area contributed by atoms with Crippen LogP contribution in [0.25, 0.3) is 0 Å². The van der Waals surface area contributed by atoms with E-state index in [1.54, 1.807) is 16.3 Å². The molecule has 0 heterocycles. The minimum atomic E-state index is -1.75. The van der Waals surface area contributed by atoms with E-state index in [-0.39, 0.29) is 106 Å². The Hall–Kier alpha value is 1.41. The van der Waals surface area contributed by atoms with Crippen molar-refractivity contribution < 1.29 is 106 Å². The van der Waals surface area contributed by atoms with Crippen molar-refractivity contribution in [1.29, 1.82) is 0 Å². The van der Waals surface area contributed by atoms with Gasteiger partial charge < -0.3 is 2.85 Å². The molecule has 1 aliphatic carbocycles. The maximum absolute atomic E-state index is 2.57. The molecule has 27 heavy (non-hydrogen) atoms. The number of hydrogen-bond donors (Lipinski definition) is 0. The maximum Gasteiger partial charge on any atom is 1.00 e. The maximum atomic E-state index is 2.57. The molecule has 0 spiro atoms. The molecule has 1 unspecified atom stereocenters. The minimum Gasteiger partial charge on any atom is -1.00 e. The van der Waals surface area contributed by atoms with Crippen LogP contribution < -0.4 is 103 Å². The van der Waals surface area contributed by atoms with E-state index in [4.69, 9.17) is 0 Å². The average molecular weight is 427 g/mol. The van der Waals surface area contributed by atoms with Crippen LogP contribution in [-0.4, -0.2) is 8.07 Å². The Bertz CT molecular complexity index is 791. The zero-order valence-corrected chi connectivity index (χ0v) is 25.7. The van der Waals surface area contributed by atoms with Crippen molar-refractivity contribution in [3.63, 3.8) is 0 Å².